The van der Waals surface area contributed by atoms with Gasteiger partial charge >= 0.3 is 5.22 Å². The maximum absolute atomic E-state index is 12.3. The largest absolute Gasteiger partial charge is 0.413 e. The van der Waals surface area contributed by atoms with Crippen LogP contribution in [0.1, 0.15) is 28.2 Å². The minimum atomic E-state index is -3.69. The molecule has 0 saturated carbocycles. The zero-order valence-electron chi connectivity index (χ0n) is 14.4. The third-order valence-electron chi connectivity index (χ3n) is 3.69. The molecule has 140 valence electrons. The average molecular weight is 386 g/mol. The van der Waals surface area contributed by atoms with Crippen LogP contribution in [0.15, 0.2) is 64.5 Å². The number of sulfone groups is 1. The van der Waals surface area contributed by atoms with Crippen LogP contribution in [0.3, 0.4) is 0 Å². The molecule has 0 aliphatic heterocycles. The highest BCUT2D eigenvalue weighted by atomic mass is 32.2. The number of aromatic nitrogens is 3. The summed E-state index contributed by atoms with van der Waals surface area (Å²) in [5, 5.41) is 9.79. The van der Waals surface area contributed by atoms with Crippen LogP contribution in [-0.2, 0) is 22.0 Å². The van der Waals surface area contributed by atoms with E-state index in [1.165, 1.54) is 6.20 Å². The molecule has 0 aliphatic rings. The van der Waals surface area contributed by atoms with Crippen LogP contribution in [0.25, 0.3) is 0 Å². The molecule has 1 N–H and O–H groups in total. The standard InChI is InChI=1S/C18H18N4O4S/c23-17(15-8-4-10-19-12-15)20-11-5-9-16-21-22-18(26-16)27(24,25)13-14-6-2-1-3-7-14/h1-4,6-8,10,12H,5,9,11,13H2,(H,20,23). The zero-order chi connectivity index (χ0) is 19.1. The minimum absolute atomic E-state index is 0.198. The highest BCUT2D eigenvalue weighted by Crippen LogP contribution is 2.15. The molecule has 2 heterocycles. The van der Waals surface area contributed by atoms with Crippen LogP contribution in [0.5, 0.6) is 0 Å². The molecule has 0 fully saturated rings. The summed E-state index contributed by atoms with van der Waals surface area (Å²) < 4.78 is 29.9. The molecule has 0 aliphatic carbocycles. The minimum Gasteiger partial charge on any atom is -0.413 e. The summed E-state index contributed by atoms with van der Waals surface area (Å²) in [5.41, 5.74) is 1.12. The summed E-state index contributed by atoms with van der Waals surface area (Å²) in [6, 6.07) is 12.1. The Morgan fingerprint density at radius 2 is 1.89 bits per heavy atom. The summed E-state index contributed by atoms with van der Waals surface area (Å²) in [5.74, 6) is -0.201. The fourth-order valence-corrected chi connectivity index (χ4v) is 3.50. The van der Waals surface area contributed by atoms with Crippen molar-refractivity contribution in [2.45, 2.75) is 23.8 Å². The van der Waals surface area contributed by atoms with Crippen LogP contribution >= 0.6 is 0 Å². The first kappa shape index (κ1) is 18.7. The number of benzene rings is 1. The Morgan fingerprint density at radius 1 is 1.07 bits per heavy atom. The van der Waals surface area contributed by atoms with Gasteiger partial charge in [-0.15, -0.1) is 5.10 Å². The molecule has 0 unspecified atom stereocenters. The van der Waals surface area contributed by atoms with E-state index in [1.807, 2.05) is 6.07 Å². The van der Waals surface area contributed by atoms with Gasteiger partial charge < -0.3 is 9.73 Å². The molecule has 0 radical (unpaired) electrons. The molecule has 3 rings (SSSR count). The lowest BCUT2D eigenvalue weighted by Gasteiger charge is -2.03. The van der Waals surface area contributed by atoms with Gasteiger partial charge in [-0.25, -0.2) is 8.42 Å². The summed E-state index contributed by atoms with van der Waals surface area (Å²) in [6.45, 7) is 0.391. The summed E-state index contributed by atoms with van der Waals surface area (Å²) in [7, 11) is -3.69. The van der Waals surface area contributed by atoms with Crippen molar-refractivity contribution in [2.24, 2.45) is 0 Å². The molecule has 8 nitrogen and oxygen atoms in total. The maximum atomic E-state index is 12.3. The van der Waals surface area contributed by atoms with Crippen LogP contribution in [0, 0.1) is 0 Å². The van der Waals surface area contributed by atoms with E-state index in [-0.39, 0.29) is 22.8 Å². The van der Waals surface area contributed by atoms with Gasteiger partial charge in [-0.2, -0.15) is 0 Å². The second-order valence-electron chi connectivity index (χ2n) is 5.81. The molecule has 0 atom stereocenters. The lowest BCUT2D eigenvalue weighted by Crippen LogP contribution is -2.24. The number of aryl methyl sites for hydroxylation is 1. The first-order valence-corrected chi connectivity index (χ1v) is 9.97. The molecular weight excluding hydrogens is 368 g/mol. The van der Waals surface area contributed by atoms with Crippen molar-refractivity contribution >= 4 is 15.7 Å². The van der Waals surface area contributed by atoms with Crippen LogP contribution < -0.4 is 5.32 Å². The van der Waals surface area contributed by atoms with Crippen molar-refractivity contribution in [3.8, 4) is 0 Å². The number of rotatable bonds is 8. The predicted molar refractivity (Wildman–Crippen MR) is 96.5 cm³/mol. The summed E-state index contributed by atoms with van der Waals surface area (Å²) in [4.78, 5) is 15.8. The van der Waals surface area contributed by atoms with Gasteiger partial charge in [0.15, 0.2) is 0 Å². The van der Waals surface area contributed by atoms with Crippen molar-refractivity contribution < 1.29 is 17.6 Å². The van der Waals surface area contributed by atoms with Gasteiger partial charge in [-0.3, -0.25) is 9.78 Å². The predicted octanol–water partition coefficient (Wildman–Crippen LogP) is 1.80. The van der Waals surface area contributed by atoms with Gasteiger partial charge in [0.1, 0.15) is 0 Å². The summed E-state index contributed by atoms with van der Waals surface area (Å²) >= 11 is 0. The van der Waals surface area contributed by atoms with Crippen molar-refractivity contribution in [3.63, 3.8) is 0 Å². The van der Waals surface area contributed by atoms with Gasteiger partial charge in [0.25, 0.3) is 5.91 Å². The molecule has 0 bridgehead atoms. The van der Waals surface area contributed by atoms with E-state index in [4.69, 9.17) is 4.42 Å². The lowest BCUT2D eigenvalue weighted by atomic mass is 10.2. The lowest BCUT2D eigenvalue weighted by molar-refractivity contribution is 0.0952. The van der Waals surface area contributed by atoms with Gasteiger partial charge in [-0.1, -0.05) is 35.4 Å². The van der Waals surface area contributed by atoms with E-state index < -0.39 is 9.84 Å². The Morgan fingerprint density at radius 3 is 2.63 bits per heavy atom. The molecule has 0 spiro atoms. The number of carbonyl (C=O) groups excluding carboxylic acids is 1. The fourth-order valence-electron chi connectivity index (χ4n) is 2.36. The van der Waals surface area contributed by atoms with E-state index in [9.17, 15) is 13.2 Å². The van der Waals surface area contributed by atoms with Gasteiger partial charge in [0.2, 0.25) is 15.7 Å². The second-order valence-corrected chi connectivity index (χ2v) is 7.67. The van der Waals surface area contributed by atoms with Crippen molar-refractivity contribution in [1.82, 2.24) is 20.5 Å². The topological polar surface area (TPSA) is 115 Å². The average Bonchev–Trinajstić information content (AvgIpc) is 3.16. The molecule has 1 amide bonds. The van der Waals surface area contributed by atoms with E-state index in [0.29, 0.717) is 30.5 Å². The first-order valence-electron chi connectivity index (χ1n) is 8.32. The maximum Gasteiger partial charge on any atom is 0.335 e. The van der Waals surface area contributed by atoms with Gasteiger partial charge in [0.05, 0.1) is 11.3 Å². The van der Waals surface area contributed by atoms with Crippen LogP contribution in [0.2, 0.25) is 0 Å². The smallest absolute Gasteiger partial charge is 0.335 e. The third kappa shape index (κ3) is 5.20. The normalized spacial score (nSPS) is 11.3. The molecule has 3 aromatic rings. The Labute approximate surface area is 156 Å². The number of pyridine rings is 1. The summed E-state index contributed by atoms with van der Waals surface area (Å²) in [6.07, 6.45) is 3.97. The molecule has 0 saturated heterocycles. The van der Waals surface area contributed by atoms with Crippen molar-refractivity contribution in [2.75, 3.05) is 6.54 Å². The highest BCUT2D eigenvalue weighted by Gasteiger charge is 2.22. The Hall–Kier alpha value is -3.07. The van der Waals surface area contributed by atoms with Crippen LogP contribution in [0.4, 0.5) is 0 Å². The Bertz CT molecular complexity index is 988. The number of hydrogen-bond acceptors (Lipinski definition) is 7. The number of nitrogens with one attached hydrogen (secondary N) is 1. The number of hydrogen-bond donors (Lipinski definition) is 1. The molecule has 2 aromatic heterocycles. The second kappa shape index (κ2) is 8.54. The van der Waals surface area contributed by atoms with Crippen LogP contribution in [-0.4, -0.2) is 36.1 Å². The van der Waals surface area contributed by atoms with Gasteiger partial charge in [-0.05, 0) is 24.1 Å². The number of nitrogens with zero attached hydrogens (tertiary/aromatic N) is 3. The molecular formula is C18H18N4O4S. The fraction of sp³-hybridized carbons (Fsp3) is 0.222. The van der Waals surface area contributed by atoms with Crippen molar-refractivity contribution in [3.05, 3.63) is 71.9 Å². The van der Waals surface area contributed by atoms with Crippen molar-refractivity contribution in [1.29, 1.82) is 0 Å². The highest BCUT2D eigenvalue weighted by molar-refractivity contribution is 7.90. The quantitative estimate of drug-likeness (QED) is 0.587. The van der Waals surface area contributed by atoms with E-state index in [0.717, 1.165) is 0 Å². The molecule has 9 heteroatoms. The molecule has 1 aromatic carbocycles. The van der Waals surface area contributed by atoms with E-state index in [2.05, 4.69) is 20.5 Å². The monoisotopic (exact) mass is 386 g/mol. The zero-order valence-corrected chi connectivity index (χ0v) is 15.2. The van der Waals surface area contributed by atoms with E-state index in [1.54, 1.807) is 42.6 Å². The number of amides is 1. The SMILES string of the molecule is O=C(NCCCc1nnc(S(=O)(=O)Cc2ccccc2)o1)c1cccnc1. The van der Waals surface area contributed by atoms with Gasteiger partial charge in [0, 0.05) is 25.4 Å². The Kier molecular flexibility index (Phi) is 5.92. The third-order valence-corrected chi connectivity index (χ3v) is 5.10. The Balaban J connectivity index is 1.50. The first-order chi connectivity index (χ1) is 13.0. The van der Waals surface area contributed by atoms with E-state index >= 15 is 0 Å². The molecule has 27 heavy (non-hydrogen) atoms. The number of carbonyl (C=O) groups is 1.